The van der Waals surface area contributed by atoms with Crippen LogP contribution >= 0.6 is 0 Å². The molecular weight excluding hydrogens is 145 g/mol. The first kappa shape index (κ1) is 6.34. The number of nitrogens with one attached hydrogen (secondary N) is 1. The largest absolute Gasteiger partial charge is 0.348 e. The Morgan fingerprint density at radius 1 is 1.45 bits per heavy atom. The first-order valence-corrected chi connectivity index (χ1v) is 3.34. The Morgan fingerprint density at radius 3 is 3.00 bits per heavy atom. The molecule has 1 amide bonds. The van der Waals surface area contributed by atoms with Crippen molar-refractivity contribution < 1.29 is 9.18 Å². The van der Waals surface area contributed by atoms with Crippen LogP contribution < -0.4 is 5.32 Å². The molecule has 2 rings (SSSR count). The Labute approximate surface area is 63.0 Å². The zero-order valence-electron chi connectivity index (χ0n) is 5.73. The van der Waals surface area contributed by atoms with E-state index in [2.05, 4.69) is 5.32 Å². The van der Waals surface area contributed by atoms with Gasteiger partial charge in [-0.05, 0) is 12.1 Å². The molecule has 0 bridgehead atoms. The zero-order chi connectivity index (χ0) is 7.84. The van der Waals surface area contributed by atoms with E-state index in [0.29, 0.717) is 17.7 Å². The lowest BCUT2D eigenvalue weighted by Gasteiger charge is -1.94. The van der Waals surface area contributed by atoms with Crippen molar-refractivity contribution in [2.45, 2.75) is 6.54 Å². The summed E-state index contributed by atoms with van der Waals surface area (Å²) in [5.41, 5.74) is 0.947. The normalized spacial score (nSPS) is 14.5. The number of halogens is 1. The smallest absolute Gasteiger partial charge is 0.252 e. The van der Waals surface area contributed by atoms with Gasteiger partial charge in [-0.1, -0.05) is 6.07 Å². The minimum atomic E-state index is -0.305. The van der Waals surface area contributed by atoms with Gasteiger partial charge in [-0.2, -0.15) is 0 Å². The summed E-state index contributed by atoms with van der Waals surface area (Å²) in [7, 11) is 0. The fourth-order valence-electron chi connectivity index (χ4n) is 1.21. The van der Waals surface area contributed by atoms with Crippen molar-refractivity contribution in [3.05, 3.63) is 35.1 Å². The molecule has 0 unspecified atom stereocenters. The number of fused-ring (bicyclic) bond motifs is 1. The second-order valence-corrected chi connectivity index (χ2v) is 2.45. The average Bonchev–Trinajstić information content (AvgIpc) is 2.35. The lowest BCUT2D eigenvalue weighted by Crippen LogP contribution is -2.12. The third kappa shape index (κ3) is 0.808. The van der Waals surface area contributed by atoms with Gasteiger partial charge in [0.1, 0.15) is 5.82 Å². The summed E-state index contributed by atoms with van der Waals surface area (Å²) in [5, 5.41) is 2.55. The molecule has 0 saturated carbocycles. The van der Waals surface area contributed by atoms with Gasteiger partial charge in [0.05, 0.1) is 0 Å². The standard InChI is InChI=1S/C8H6FNO/c9-7-3-1-2-5-6(7)4-10-8(5)11/h1-3H,4H2,(H,10,11). The molecule has 56 valence electrons. The average molecular weight is 151 g/mol. The van der Waals surface area contributed by atoms with Crippen LogP contribution in [0.25, 0.3) is 0 Å². The van der Waals surface area contributed by atoms with Gasteiger partial charge in [-0.3, -0.25) is 4.79 Å². The maximum atomic E-state index is 12.9. The number of hydrogen-bond acceptors (Lipinski definition) is 1. The third-order valence-electron chi connectivity index (χ3n) is 1.79. The van der Waals surface area contributed by atoms with Crippen molar-refractivity contribution in [3.8, 4) is 0 Å². The molecule has 1 aliphatic rings. The van der Waals surface area contributed by atoms with Gasteiger partial charge in [-0.25, -0.2) is 4.39 Å². The topological polar surface area (TPSA) is 29.1 Å². The molecule has 0 atom stereocenters. The summed E-state index contributed by atoms with van der Waals surface area (Å²) in [6, 6.07) is 4.53. The number of carbonyl (C=O) groups is 1. The lowest BCUT2D eigenvalue weighted by molar-refractivity contribution is 0.0966. The summed E-state index contributed by atoms with van der Waals surface area (Å²) in [5.74, 6) is -0.486. The van der Waals surface area contributed by atoms with Gasteiger partial charge in [-0.15, -0.1) is 0 Å². The molecule has 0 radical (unpaired) electrons. The fraction of sp³-hybridized carbons (Fsp3) is 0.125. The van der Waals surface area contributed by atoms with Crippen LogP contribution in [-0.4, -0.2) is 5.91 Å². The number of rotatable bonds is 0. The van der Waals surface area contributed by atoms with Crippen LogP contribution in [0.4, 0.5) is 4.39 Å². The SMILES string of the molecule is O=C1NCc2c(F)cccc21. The Hall–Kier alpha value is -1.38. The number of carbonyl (C=O) groups excluding carboxylic acids is 1. The van der Waals surface area contributed by atoms with E-state index in [1.165, 1.54) is 6.07 Å². The predicted molar refractivity (Wildman–Crippen MR) is 37.6 cm³/mol. The van der Waals surface area contributed by atoms with Crippen molar-refractivity contribution in [1.82, 2.24) is 5.32 Å². The molecule has 3 heteroatoms. The van der Waals surface area contributed by atoms with Gasteiger partial charge < -0.3 is 5.32 Å². The van der Waals surface area contributed by atoms with E-state index in [1.807, 2.05) is 0 Å². The highest BCUT2D eigenvalue weighted by Crippen LogP contribution is 2.17. The van der Waals surface area contributed by atoms with Crippen LogP contribution in [-0.2, 0) is 6.54 Å². The van der Waals surface area contributed by atoms with Crippen molar-refractivity contribution in [1.29, 1.82) is 0 Å². The Kier molecular flexibility index (Phi) is 1.18. The Morgan fingerprint density at radius 2 is 2.27 bits per heavy atom. The first-order valence-electron chi connectivity index (χ1n) is 3.34. The molecule has 0 aliphatic carbocycles. The highest BCUT2D eigenvalue weighted by atomic mass is 19.1. The second-order valence-electron chi connectivity index (χ2n) is 2.45. The van der Waals surface area contributed by atoms with E-state index in [0.717, 1.165) is 0 Å². The molecule has 1 aromatic rings. The highest BCUT2D eigenvalue weighted by molar-refractivity contribution is 5.98. The molecule has 1 N–H and O–H groups in total. The van der Waals surface area contributed by atoms with Crippen LogP contribution in [0.5, 0.6) is 0 Å². The molecule has 1 heterocycles. The number of benzene rings is 1. The molecule has 0 spiro atoms. The van der Waals surface area contributed by atoms with E-state index in [-0.39, 0.29) is 11.7 Å². The van der Waals surface area contributed by atoms with Gasteiger partial charge in [0, 0.05) is 17.7 Å². The summed E-state index contributed by atoms with van der Waals surface area (Å²) < 4.78 is 12.9. The van der Waals surface area contributed by atoms with Crippen molar-refractivity contribution >= 4 is 5.91 Å². The van der Waals surface area contributed by atoms with E-state index in [9.17, 15) is 9.18 Å². The second kappa shape index (κ2) is 2.05. The van der Waals surface area contributed by atoms with Crippen LogP contribution in [0.1, 0.15) is 15.9 Å². The number of hydrogen-bond donors (Lipinski definition) is 1. The van der Waals surface area contributed by atoms with Crippen LogP contribution in [0, 0.1) is 5.82 Å². The number of amides is 1. The molecule has 1 aliphatic heterocycles. The van der Waals surface area contributed by atoms with Crippen molar-refractivity contribution in [3.63, 3.8) is 0 Å². The Balaban J connectivity index is 2.66. The van der Waals surface area contributed by atoms with E-state index >= 15 is 0 Å². The first-order chi connectivity index (χ1) is 5.29. The Bertz CT molecular complexity index is 322. The minimum absolute atomic E-state index is 0.181. The summed E-state index contributed by atoms with van der Waals surface area (Å²) in [6.07, 6.45) is 0. The fourth-order valence-corrected chi connectivity index (χ4v) is 1.21. The highest BCUT2D eigenvalue weighted by Gasteiger charge is 2.20. The van der Waals surface area contributed by atoms with E-state index in [1.54, 1.807) is 12.1 Å². The maximum absolute atomic E-state index is 12.9. The van der Waals surface area contributed by atoms with E-state index in [4.69, 9.17) is 0 Å². The molecule has 0 fully saturated rings. The van der Waals surface area contributed by atoms with Crippen molar-refractivity contribution in [2.75, 3.05) is 0 Å². The van der Waals surface area contributed by atoms with E-state index < -0.39 is 0 Å². The van der Waals surface area contributed by atoms with Gasteiger partial charge in [0.2, 0.25) is 0 Å². The monoisotopic (exact) mass is 151 g/mol. The lowest BCUT2D eigenvalue weighted by atomic mass is 10.1. The molecule has 0 saturated heterocycles. The predicted octanol–water partition coefficient (Wildman–Crippen LogP) is 1.07. The summed E-state index contributed by atoms with van der Waals surface area (Å²) in [6.45, 7) is 0.320. The minimum Gasteiger partial charge on any atom is -0.348 e. The zero-order valence-corrected chi connectivity index (χ0v) is 5.73. The van der Waals surface area contributed by atoms with Gasteiger partial charge in [0.25, 0.3) is 5.91 Å². The van der Waals surface area contributed by atoms with Crippen LogP contribution in [0.3, 0.4) is 0 Å². The quantitative estimate of drug-likeness (QED) is 0.590. The van der Waals surface area contributed by atoms with Crippen molar-refractivity contribution in [2.24, 2.45) is 0 Å². The molecule has 1 aromatic carbocycles. The summed E-state index contributed by atoms with van der Waals surface area (Å²) >= 11 is 0. The van der Waals surface area contributed by atoms with Gasteiger partial charge in [0.15, 0.2) is 0 Å². The van der Waals surface area contributed by atoms with Gasteiger partial charge >= 0.3 is 0 Å². The van der Waals surface area contributed by atoms with Crippen LogP contribution in [0.2, 0.25) is 0 Å². The maximum Gasteiger partial charge on any atom is 0.252 e. The molecule has 0 aromatic heterocycles. The summed E-state index contributed by atoms with van der Waals surface area (Å²) in [4.78, 5) is 10.9. The third-order valence-corrected chi connectivity index (χ3v) is 1.79. The van der Waals surface area contributed by atoms with Crippen LogP contribution in [0.15, 0.2) is 18.2 Å². The molecular formula is C8H6FNO. The molecule has 11 heavy (non-hydrogen) atoms. The molecule has 2 nitrogen and oxygen atoms in total.